The van der Waals surface area contributed by atoms with Crippen molar-refractivity contribution >= 4 is 11.8 Å². The van der Waals surface area contributed by atoms with Gasteiger partial charge in [-0.25, -0.2) is 4.98 Å². The first-order chi connectivity index (χ1) is 19.2. The summed E-state index contributed by atoms with van der Waals surface area (Å²) in [7, 11) is 0. The number of esters is 1. The predicted octanol–water partition coefficient (Wildman–Crippen LogP) is 5.76. The molecule has 0 saturated carbocycles. The van der Waals surface area contributed by atoms with Gasteiger partial charge in [-0.1, -0.05) is 45.0 Å². The molecule has 2 aliphatic rings. The molecule has 1 spiro atoms. The normalized spacial score (nSPS) is 17.9. The van der Waals surface area contributed by atoms with E-state index in [0.29, 0.717) is 25.6 Å². The first-order valence-electron chi connectivity index (χ1n) is 15.1. The molecule has 7 heteroatoms. The number of benzene rings is 1. The summed E-state index contributed by atoms with van der Waals surface area (Å²) in [6, 6.07) is 13.2. The second kappa shape index (κ2) is 13.9. The molecule has 7 nitrogen and oxygen atoms in total. The summed E-state index contributed by atoms with van der Waals surface area (Å²) in [5.74, 6) is 1.39. The van der Waals surface area contributed by atoms with Gasteiger partial charge in [-0.2, -0.15) is 0 Å². The Morgan fingerprint density at radius 3 is 2.62 bits per heavy atom. The maximum atomic E-state index is 12.0. The van der Waals surface area contributed by atoms with E-state index in [4.69, 9.17) is 14.2 Å². The molecule has 0 aliphatic carbocycles. The molecule has 220 valence electrons. The van der Waals surface area contributed by atoms with Crippen molar-refractivity contribution in [1.29, 1.82) is 0 Å². The van der Waals surface area contributed by atoms with Gasteiger partial charge in [0.2, 0.25) is 0 Å². The number of hydrogen-bond donors (Lipinski definition) is 0. The van der Waals surface area contributed by atoms with Crippen LogP contribution in [0.15, 0.2) is 42.6 Å². The van der Waals surface area contributed by atoms with Crippen molar-refractivity contribution in [1.82, 2.24) is 9.88 Å². The molecule has 3 heterocycles. The van der Waals surface area contributed by atoms with Crippen LogP contribution in [0, 0.1) is 0 Å². The molecule has 0 radical (unpaired) electrons. The number of morpholine rings is 1. The minimum Gasteiger partial charge on any atom is -0.460 e. The van der Waals surface area contributed by atoms with Crippen molar-refractivity contribution in [3.8, 4) is 0 Å². The summed E-state index contributed by atoms with van der Waals surface area (Å²) in [6.45, 7) is 16.9. The van der Waals surface area contributed by atoms with Crippen LogP contribution in [-0.4, -0.2) is 73.1 Å². The lowest BCUT2D eigenvalue weighted by molar-refractivity contribution is -0.157. The van der Waals surface area contributed by atoms with Crippen LogP contribution < -0.4 is 4.90 Å². The highest BCUT2D eigenvalue weighted by atomic mass is 16.6. The largest absolute Gasteiger partial charge is 0.460 e. The lowest BCUT2D eigenvalue weighted by atomic mass is 9.89. The van der Waals surface area contributed by atoms with E-state index in [1.54, 1.807) is 0 Å². The molecular weight excluding hydrogens is 502 g/mol. The van der Waals surface area contributed by atoms with E-state index in [1.807, 2.05) is 27.0 Å². The third-order valence-electron chi connectivity index (χ3n) is 8.40. The van der Waals surface area contributed by atoms with Crippen LogP contribution in [-0.2, 0) is 32.0 Å². The van der Waals surface area contributed by atoms with Gasteiger partial charge in [-0.3, -0.25) is 9.69 Å². The average Bonchev–Trinajstić information content (AvgIpc) is 2.94. The summed E-state index contributed by atoms with van der Waals surface area (Å²) in [5.41, 5.74) is 3.45. The monoisotopic (exact) mass is 551 g/mol. The molecule has 1 aromatic carbocycles. The van der Waals surface area contributed by atoms with Gasteiger partial charge in [-0.15, -0.1) is 0 Å². The van der Waals surface area contributed by atoms with Crippen molar-refractivity contribution in [2.24, 2.45) is 0 Å². The summed E-state index contributed by atoms with van der Waals surface area (Å²) >= 11 is 0. The SMILES string of the molecule is CCC(C)(C)OC(=O)CCOCCc1cccc(CN2CCC3(CC2)CN(c2cc(C(C)C)ccn2)CCO3)c1. The number of nitrogens with zero attached hydrogens (tertiary/aromatic N) is 3. The number of aromatic nitrogens is 1. The van der Waals surface area contributed by atoms with Gasteiger partial charge < -0.3 is 19.1 Å². The lowest BCUT2D eigenvalue weighted by Crippen LogP contribution is -2.57. The van der Waals surface area contributed by atoms with Gasteiger partial charge in [-0.05, 0) is 74.3 Å². The Balaban J connectivity index is 1.20. The van der Waals surface area contributed by atoms with E-state index in [0.717, 1.165) is 70.8 Å². The maximum absolute atomic E-state index is 12.0. The molecule has 0 amide bonds. The van der Waals surface area contributed by atoms with E-state index < -0.39 is 5.60 Å². The molecule has 2 saturated heterocycles. The van der Waals surface area contributed by atoms with E-state index in [9.17, 15) is 4.79 Å². The second-order valence-electron chi connectivity index (χ2n) is 12.4. The zero-order chi connectivity index (χ0) is 28.6. The molecular formula is C33H49N3O4. The van der Waals surface area contributed by atoms with Crippen molar-refractivity contribution in [2.45, 2.75) is 90.4 Å². The maximum Gasteiger partial charge on any atom is 0.308 e. The van der Waals surface area contributed by atoms with Crippen molar-refractivity contribution in [3.63, 3.8) is 0 Å². The highest BCUT2D eigenvalue weighted by molar-refractivity contribution is 5.69. The number of piperidine rings is 1. The van der Waals surface area contributed by atoms with Crippen LogP contribution in [0.25, 0.3) is 0 Å². The van der Waals surface area contributed by atoms with Gasteiger partial charge >= 0.3 is 5.97 Å². The van der Waals surface area contributed by atoms with Crippen LogP contribution in [0.5, 0.6) is 0 Å². The number of hydrogen-bond acceptors (Lipinski definition) is 7. The standard InChI is InChI=1S/C33H49N3O4/c1-6-32(4,5)40-31(37)12-20-38-19-11-27-8-7-9-28(22-27)24-35-16-13-33(14-17-35)25-36(18-21-39-33)30-23-29(26(2)3)10-15-34-30/h7-10,15,22-23,26H,6,11-14,16-21,24-25H2,1-5H3. The van der Waals surface area contributed by atoms with E-state index in [-0.39, 0.29) is 11.6 Å². The predicted molar refractivity (Wildman–Crippen MR) is 160 cm³/mol. The van der Waals surface area contributed by atoms with Crippen LogP contribution in [0.2, 0.25) is 0 Å². The Morgan fingerprint density at radius 2 is 1.88 bits per heavy atom. The molecule has 2 aliphatic heterocycles. The first-order valence-corrected chi connectivity index (χ1v) is 15.1. The molecule has 1 aromatic heterocycles. The summed E-state index contributed by atoms with van der Waals surface area (Å²) < 4.78 is 17.6. The van der Waals surface area contributed by atoms with Gasteiger partial charge in [0, 0.05) is 38.9 Å². The van der Waals surface area contributed by atoms with Crippen molar-refractivity contribution in [3.05, 3.63) is 59.3 Å². The molecule has 0 N–H and O–H groups in total. The first kappa shape index (κ1) is 30.5. The van der Waals surface area contributed by atoms with Gasteiger partial charge in [0.25, 0.3) is 0 Å². The smallest absolute Gasteiger partial charge is 0.308 e. The van der Waals surface area contributed by atoms with E-state index >= 15 is 0 Å². The Labute approximate surface area is 241 Å². The fourth-order valence-corrected chi connectivity index (χ4v) is 5.45. The summed E-state index contributed by atoms with van der Waals surface area (Å²) in [5, 5.41) is 0. The number of carbonyl (C=O) groups excluding carboxylic acids is 1. The highest BCUT2D eigenvalue weighted by Gasteiger charge is 2.40. The topological polar surface area (TPSA) is 64.1 Å². The number of carbonyl (C=O) groups is 1. The Bertz CT molecular complexity index is 1090. The van der Waals surface area contributed by atoms with Gasteiger partial charge in [0.15, 0.2) is 0 Å². The minimum atomic E-state index is -0.409. The number of anilines is 1. The Hall–Kier alpha value is -2.48. The Morgan fingerprint density at radius 1 is 1.10 bits per heavy atom. The molecule has 2 fully saturated rings. The summed E-state index contributed by atoms with van der Waals surface area (Å²) in [4.78, 5) is 21.6. The van der Waals surface area contributed by atoms with Crippen LogP contribution in [0.3, 0.4) is 0 Å². The van der Waals surface area contributed by atoms with Crippen LogP contribution >= 0.6 is 0 Å². The Kier molecular flexibility index (Phi) is 10.6. The number of pyridine rings is 1. The number of likely N-dealkylation sites (tertiary alicyclic amines) is 1. The fraction of sp³-hybridized carbons (Fsp3) is 0.636. The quantitative estimate of drug-likeness (QED) is 0.246. The zero-order valence-corrected chi connectivity index (χ0v) is 25.3. The van der Waals surface area contributed by atoms with Gasteiger partial charge in [0.1, 0.15) is 11.4 Å². The third-order valence-corrected chi connectivity index (χ3v) is 8.40. The lowest BCUT2D eigenvalue weighted by Gasteiger charge is -2.47. The molecule has 4 rings (SSSR count). The van der Waals surface area contributed by atoms with E-state index in [1.165, 1.54) is 16.7 Å². The van der Waals surface area contributed by atoms with Gasteiger partial charge in [0.05, 0.1) is 31.8 Å². The number of rotatable bonds is 12. The van der Waals surface area contributed by atoms with E-state index in [2.05, 4.69) is 65.0 Å². The molecule has 0 bridgehead atoms. The van der Waals surface area contributed by atoms with Crippen LogP contribution in [0.4, 0.5) is 5.82 Å². The summed E-state index contributed by atoms with van der Waals surface area (Å²) in [6.07, 6.45) is 5.95. The highest BCUT2D eigenvalue weighted by Crippen LogP contribution is 2.33. The third kappa shape index (κ3) is 8.76. The van der Waals surface area contributed by atoms with Crippen molar-refractivity contribution < 1.29 is 19.0 Å². The molecule has 0 unspecified atom stereocenters. The minimum absolute atomic E-state index is 0.0812. The zero-order valence-electron chi connectivity index (χ0n) is 25.3. The van der Waals surface area contributed by atoms with Crippen molar-refractivity contribution in [2.75, 3.05) is 50.9 Å². The number of ether oxygens (including phenoxy) is 3. The second-order valence-corrected chi connectivity index (χ2v) is 12.4. The fourth-order valence-electron chi connectivity index (χ4n) is 5.45. The average molecular weight is 552 g/mol. The van der Waals surface area contributed by atoms with Crippen LogP contribution in [0.1, 0.15) is 82.9 Å². The molecule has 2 aromatic rings. The molecule has 0 atom stereocenters. The molecule has 40 heavy (non-hydrogen) atoms.